The van der Waals surface area contributed by atoms with Crippen LogP contribution < -0.4 is 5.32 Å². The largest absolute Gasteiger partial charge is 0.312 e. The Bertz CT molecular complexity index is 566. The molecule has 0 unspecified atom stereocenters. The maximum Gasteiger partial charge on any atom is 0.0629 e. The molecular weight excluding hydrogens is 290 g/mol. The first-order valence-corrected chi connectivity index (χ1v) is 7.90. The van der Waals surface area contributed by atoms with Crippen LogP contribution in [0.25, 0.3) is 0 Å². The highest BCUT2D eigenvalue weighted by molar-refractivity contribution is 7.99. The summed E-state index contributed by atoms with van der Waals surface area (Å²) >= 11 is 8.02. The number of nitrogens with zero attached hydrogens (tertiary/aromatic N) is 2. The molecule has 0 saturated heterocycles. The van der Waals surface area contributed by atoms with E-state index in [1.54, 1.807) is 16.4 Å². The zero-order chi connectivity index (χ0) is 14.5. The van der Waals surface area contributed by atoms with Crippen LogP contribution >= 0.6 is 23.4 Å². The Balaban J connectivity index is 2.13. The van der Waals surface area contributed by atoms with Crippen LogP contribution in [0.1, 0.15) is 19.4 Å². The van der Waals surface area contributed by atoms with Gasteiger partial charge >= 0.3 is 0 Å². The molecule has 1 N–H and O–H groups in total. The van der Waals surface area contributed by atoms with Crippen molar-refractivity contribution < 1.29 is 0 Å². The highest BCUT2D eigenvalue weighted by Crippen LogP contribution is 2.35. The predicted molar refractivity (Wildman–Crippen MR) is 85.3 cm³/mol. The van der Waals surface area contributed by atoms with Crippen LogP contribution in [0.15, 0.2) is 40.4 Å². The van der Waals surface area contributed by atoms with Crippen LogP contribution in [0.3, 0.4) is 0 Å². The van der Waals surface area contributed by atoms with Gasteiger partial charge in [-0.05, 0) is 24.1 Å². The molecule has 20 heavy (non-hydrogen) atoms. The predicted octanol–water partition coefficient (Wildman–Crippen LogP) is 3.97. The van der Waals surface area contributed by atoms with Gasteiger partial charge in [0.1, 0.15) is 0 Å². The van der Waals surface area contributed by atoms with Gasteiger partial charge in [-0.3, -0.25) is 4.68 Å². The second kappa shape index (κ2) is 7.16. The Morgan fingerprint density at radius 3 is 2.85 bits per heavy atom. The minimum Gasteiger partial charge on any atom is -0.312 e. The van der Waals surface area contributed by atoms with E-state index in [1.165, 1.54) is 5.56 Å². The first-order chi connectivity index (χ1) is 9.56. The van der Waals surface area contributed by atoms with Gasteiger partial charge in [-0.25, -0.2) is 0 Å². The third-order valence-electron chi connectivity index (χ3n) is 2.82. The average molecular weight is 310 g/mol. The molecule has 1 aromatic carbocycles. The van der Waals surface area contributed by atoms with E-state index in [4.69, 9.17) is 11.6 Å². The normalized spacial score (nSPS) is 11.2. The van der Waals surface area contributed by atoms with Crippen molar-refractivity contribution in [2.45, 2.75) is 30.2 Å². The molecule has 0 fully saturated rings. The molecule has 1 heterocycles. The fraction of sp³-hybridized carbons (Fsp3) is 0.400. The van der Waals surface area contributed by atoms with E-state index in [0.717, 1.165) is 27.9 Å². The van der Waals surface area contributed by atoms with Gasteiger partial charge in [0.15, 0.2) is 0 Å². The first-order valence-electron chi connectivity index (χ1n) is 6.71. The number of halogens is 1. The highest BCUT2D eigenvalue weighted by Gasteiger charge is 2.10. The Labute approximate surface area is 129 Å². The second-order valence-corrected chi connectivity index (χ2v) is 6.70. The summed E-state index contributed by atoms with van der Waals surface area (Å²) < 4.78 is 1.80. The van der Waals surface area contributed by atoms with Crippen molar-refractivity contribution in [1.29, 1.82) is 0 Å². The topological polar surface area (TPSA) is 29.9 Å². The van der Waals surface area contributed by atoms with Crippen molar-refractivity contribution in [3.8, 4) is 0 Å². The number of aryl methyl sites for hydroxylation is 1. The lowest BCUT2D eigenvalue weighted by Gasteiger charge is -2.12. The van der Waals surface area contributed by atoms with E-state index in [1.807, 2.05) is 31.6 Å². The smallest absolute Gasteiger partial charge is 0.0629 e. The van der Waals surface area contributed by atoms with Crippen molar-refractivity contribution >= 4 is 23.4 Å². The molecule has 5 heteroatoms. The van der Waals surface area contributed by atoms with Crippen LogP contribution in [-0.2, 0) is 13.6 Å². The number of nitrogens with one attached hydrogen (secondary N) is 1. The summed E-state index contributed by atoms with van der Waals surface area (Å²) in [7, 11) is 1.92. The Morgan fingerprint density at radius 1 is 1.40 bits per heavy atom. The second-order valence-electron chi connectivity index (χ2n) is 5.20. The molecule has 3 nitrogen and oxygen atoms in total. The van der Waals surface area contributed by atoms with Crippen LogP contribution in [0.5, 0.6) is 0 Å². The number of hydrogen-bond donors (Lipinski definition) is 1. The van der Waals surface area contributed by atoms with Gasteiger partial charge in [0.25, 0.3) is 0 Å². The Kier molecular flexibility index (Phi) is 5.52. The van der Waals surface area contributed by atoms with E-state index in [9.17, 15) is 0 Å². The number of rotatable bonds is 6. The van der Waals surface area contributed by atoms with Crippen molar-refractivity contribution in [2.75, 3.05) is 6.54 Å². The van der Waals surface area contributed by atoms with Gasteiger partial charge in [0.2, 0.25) is 0 Å². The van der Waals surface area contributed by atoms with Gasteiger partial charge in [-0.15, -0.1) is 0 Å². The molecule has 108 valence electrons. The van der Waals surface area contributed by atoms with Crippen LogP contribution in [-0.4, -0.2) is 16.3 Å². The summed E-state index contributed by atoms with van der Waals surface area (Å²) in [5, 5.41) is 8.46. The summed E-state index contributed by atoms with van der Waals surface area (Å²) in [5.74, 6) is 0.642. The number of aromatic nitrogens is 2. The maximum absolute atomic E-state index is 6.35. The van der Waals surface area contributed by atoms with Crippen molar-refractivity contribution in [1.82, 2.24) is 15.1 Å². The lowest BCUT2D eigenvalue weighted by atomic mass is 10.2. The van der Waals surface area contributed by atoms with Crippen LogP contribution in [0, 0.1) is 5.92 Å². The minimum absolute atomic E-state index is 0.642. The third kappa shape index (κ3) is 4.27. The van der Waals surface area contributed by atoms with Gasteiger partial charge < -0.3 is 5.32 Å². The molecule has 2 aromatic rings. The minimum atomic E-state index is 0.642. The monoisotopic (exact) mass is 309 g/mol. The van der Waals surface area contributed by atoms with E-state index in [-0.39, 0.29) is 0 Å². The molecule has 0 aliphatic rings. The highest BCUT2D eigenvalue weighted by atomic mass is 35.5. The van der Waals surface area contributed by atoms with Crippen molar-refractivity contribution in [2.24, 2.45) is 13.0 Å². The van der Waals surface area contributed by atoms with Crippen LogP contribution in [0.2, 0.25) is 5.02 Å². The molecule has 0 amide bonds. The van der Waals surface area contributed by atoms with Gasteiger partial charge in [-0.1, -0.05) is 49.3 Å². The van der Waals surface area contributed by atoms with E-state index < -0.39 is 0 Å². The molecule has 0 aliphatic heterocycles. The number of benzene rings is 1. The zero-order valence-electron chi connectivity index (χ0n) is 12.1. The maximum atomic E-state index is 6.35. The third-order valence-corrected chi connectivity index (χ3v) is 4.38. The molecule has 0 atom stereocenters. The van der Waals surface area contributed by atoms with Gasteiger partial charge in [0, 0.05) is 24.7 Å². The van der Waals surface area contributed by atoms with Gasteiger partial charge in [-0.2, -0.15) is 5.10 Å². The van der Waals surface area contributed by atoms with E-state index in [0.29, 0.717) is 5.92 Å². The summed E-state index contributed by atoms with van der Waals surface area (Å²) in [4.78, 5) is 2.21. The molecule has 1 aromatic heterocycles. The van der Waals surface area contributed by atoms with E-state index >= 15 is 0 Å². The lowest BCUT2D eigenvalue weighted by molar-refractivity contribution is 0.550. The average Bonchev–Trinajstić information content (AvgIpc) is 2.78. The van der Waals surface area contributed by atoms with E-state index in [2.05, 4.69) is 30.3 Å². The standard InChI is InChI=1S/C15H20ClN3S/c1-11(2)7-17-8-12-5-4-6-14(16)15(12)20-13-9-18-19(3)10-13/h4-6,9-11,17H,7-8H2,1-3H3. The first kappa shape index (κ1) is 15.4. The zero-order valence-corrected chi connectivity index (χ0v) is 13.6. The van der Waals surface area contributed by atoms with Crippen molar-refractivity contribution in [3.05, 3.63) is 41.2 Å². The van der Waals surface area contributed by atoms with Crippen molar-refractivity contribution in [3.63, 3.8) is 0 Å². The Morgan fingerprint density at radius 2 is 2.20 bits per heavy atom. The van der Waals surface area contributed by atoms with Gasteiger partial charge in [0.05, 0.1) is 16.1 Å². The molecule has 0 saturated carbocycles. The summed E-state index contributed by atoms with van der Waals surface area (Å²) in [6, 6.07) is 6.06. The molecule has 0 bridgehead atoms. The summed E-state index contributed by atoms with van der Waals surface area (Å²) in [6.07, 6.45) is 3.86. The number of hydrogen-bond acceptors (Lipinski definition) is 3. The molecule has 0 radical (unpaired) electrons. The summed E-state index contributed by atoms with van der Waals surface area (Å²) in [5.41, 5.74) is 1.23. The fourth-order valence-electron chi connectivity index (χ4n) is 1.87. The SMILES string of the molecule is CC(C)CNCc1cccc(Cl)c1Sc1cnn(C)c1. The molecular formula is C15H20ClN3S. The fourth-order valence-corrected chi connectivity index (χ4v) is 3.16. The lowest BCUT2D eigenvalue weighted by Crippen LogP contribution is -2.19. The molecule has 2 rings (SSSR count). The summed E-state index contributed by atoms with van der Waals surface area (Å²) in [6.45, 7) is 6.25. The Hall–Kier alpha value is -0.970. The van der Waals surface area contributed by atoms with Crippen LogP contribution in [0.4, 0.5) is 0 Å². The molecule has 0 spiro atoms. The molecule has 0 aliphatic carbocycles. The quantitative estimate of drug-likeness (QED) is 0.875.